The third kappa shape index (κ3) is 4.41. The Morgan fingerprint density at radius 2 is 2.00 bits per heavy atom. The molecule has 20 heavy (non-hydrogen) atoms. The highest BCUT2D eigenvalue weighted by atomic mass is 32.2. The lowest BCUT2D eigenvalue weighted by atomic mass is 9.79. The van der Waals surface area contributed by atoms with Gasteiger partial charge >= 0.3 is 5.97 Å². The van der Waals surface area contributed by atoms with E-state index >= 15 is 0 Å². The normalized spacial score (nSPS) is 38.6. The van der Waals surface area contributed by atoms with Gasteiger partial charge in [0.05, 0.1) is 5.92 Å². The standard InChI is InChI=1S/C17H30O2S/c1-3-5-13-8-9-15(17(18)19)16(11-13)20-14-7-4-6-12(2)10-14/h12-16H,3-11H2,1-2H3,(H,18,19). The van der Waals surface area contributed by atoms with Gasteiger partial charge in [0, 0.05) is 10.5 Å². The van der Waals surface area contributed by atoms with Gasteiger partial charge in [0.2, 0.25) is 0 Å². The summed E-state index contributed by atoms with van der Waals surface area (Å²) in [5.41, 5.74) is 0. The molecule has 3 heteroatoms. The summed E-state index contributed by atoms with van der Waals surface area (Å²) in [6.45, 7) is 4.59. The van der Waals surface area contributed by atoms with Crippen LogP contribution in [0.2, 0.25) is 0 Å². The Bertz CT molecular complexity index is 318. The number of hydrogen-bond donors (Lipinski definition) is 1. The van der Waals surface area contributed by atoms with Crippen LogP contribution in [-0.4, -0.2) is 21.6 Å². The lowest BCUT2D eigenvalue weighted by molar-refractivity contribution is -0.142. The van der Waals surface area contributed by atoms with Crippen LogP contribution in [0.1, 0.15) is 71.6 Å². The van der Waals surface area contributed by atoms with Gasteiger partial charge in [-0.2, -0.15) is 11.8 Å². The van der Waals surface area contributed by atoms with Crippen LogP contribution < -0.4 is 0 Å². The predicted octanol–water partition coefficient (Wildman–Crippen LogP) is 4.97. The Labute approximate surface area is 128 Å². The van der Waals surface area contributed by atoms with Gasteiger partial charge in [-0.15, -0.1) is 0 Å². The highest BCUT2D eigenvalue weighted by molar-refractivity contribution is 8.00. The number of hydrogen-bond acceptors (Lipinski definition) is 2. The molecule has 0 aromatic rings. The van der Waals surface area contributed by atoms with E-state index < -0.39 is 5.97 Å². The Balaban J connectivity index is 1.94. The second kappa shape index (κ2) is 7.72. The highest BCUT2D eigenvalue weighted by Crippen LogP contribution is 2.43. The number of carboxylic acid groups (broad SMARTS) is 1. The molecule has 2 aliphatic carbocycles. The quantitative estimate of drug-likeness (QED) is 0.778. The summed E-state index contributed by atoms with van der Waals surface area (Å²) in [5.74, 6) is 0.959. The maximum absolute atomic E-state index is 11.5. The Hall–Kier alpha value is -0.180. The topological polar surface area (TPSA) is 37.3 Å². The molecule has 0 bridgehead atoms. The molecule has 0 amide bonds. The summed E-state index contributed by atoms with van der Waals surface area (Å²) in [6, 6.07) is 0. The maximum Gasteiger partial charge on any atom is 0.307 e. The molecule has 0 saturated heterocycles. The molecule has 0 radical (unpaired) electrons. The van der Waals surface area contributed by atoms with Crippen molar-refractivity contribution in [1.82, 2.24) is 0 Å². The number of carbonyl (C=O) groups is 1. The Kier molecular flexibility index (Phi) is 6.25. The van der Waals surface area contributed by atoms with Crippen LogP contribution in [0.4, 0.5) is 0 Å². The van der Waals surface area contributed by atoms with Gasteiger partial charge in [-0.25, -0.2) is 0 Å². The predicted molar refractivity (Wildman–Crippen MR) is 86.2 cm³/mol. The lowest BCUT2D eigenvalue weighted by Crippen LogP contribution is -2.34. The first kappa shape index (κ1) is 16.2. The summed E-state index contributed by atoms with van der Waals surface area (Å²) in [6.07, 6.45) is 11.0. The van der Waals surface area contributed by atoms with E-state index in [0.717, 1.165) is 31.1 Å². The second-order valence-corrected chi connectivity index (χ2v) is 8.53. The SMILES string of the molecule is CCCC1CCC(C(=O)O)C(SC2CCCC(C)C2)C1. The van der Waals surface area contributed by atoms with E-state index in [0.29, 0.717) is 10.5 Å². The molecule has 5 unspecified atom stereocenters. The van der Waals surface area contributed by atoms with Crippen molar-refractivity contribution in [2.75, 3.05) is 0 Å². The van der Waals surface area contributed by atoms with E-state index in [2.05, 4.69) is 13.8 Å². The summed E-state index contributed by atoms with van der Waals surface area (Å²) < 4.78 is 0. The van der Waals surface area contributed by atoms with Gasteiger partial charge in [0.25, 0.3) is 0 Å². The molecule has 5 atom stereocenters. The van der Waals surface area contributed by atoms with E-state index in [1.165, 1.54) is 38.5 Å². The van der Waals surface area contributed by atoms with Crippen molar-refractivity contribution in [2.24, 2.45) is 17.8 Å². The monoisotopic (exact) mass is 298 g/mol. The van der Waals surface area contributed by atoms with Gasteiger partial charge < -0.3 is 5.11 Å². The third-order valence-corrected chi connectivity index (χ3v) is 6.85. The minimum absolute atomic E-state index is 0.0923. The van der Waals surface area contributed by atoms with Crippen LogP contribution in [0, 0.1) is 17.8 Å². The molecular weight excluding hydrogens is 268 g/mol. The number of rotatable bonds is 5. The highest BCUT2D eigenvalue weighted by Gasteiger charge is 2.37. The van der Waals surface area contributed by atoms with Crippen LogP contribution in [-0.2, 0) is 4.79 Å². The molecule has 2 saturated carbocycles. The van der Waals surface area contributed by atoms with Gasteiger partial charge in [0.1, 0.15) is 0 Å². The smallest absolute Gasteiger partial charge is 0.307 e. The molecule has 0 aromatic heterocycles. The number of thioether (sulfide) groups is 1. The fourth-order valence-corrected chi connectivity index (χ4v) is 6.13. The minimum atomic E-state index is -0.554. The average Bonchev–Trinajstić information content (AvgIpc) is 2.39. The van der Waals surface area contributed by atoms with E-state index in [1.807, 2.05) is 11.8 Å². The van der Waals surface area contributed by atoms with E-state index in [9.17, 15) is 9.90 Å². The van der Waals surface area contributed by atoms with Crippen LogP contribution >= 0.6 is 11.8 Å². The van der Waals surface area contributed by atoms with Crippen LogP contribution in [0.15, 0.2) is 0 Å². The van der Waals surface area contributed by atoms with Crippen molar-refractivity contribution in [2.45, 2.75) is 82.1 Å². The van der Waals surface area contributed by atoms with Crippen molar-refractivity contribution in [3.05, 3.63) is 0 Å². The lowest BCUT2D eigenvalue weighted by Gasteiger charge is -2.37. The molecule has 116 valence electrons. The summed E-state index contributed by atoms with van der Waals surface area (Å²) >= 11 is 2.03. The zero-order valence-corrected chi connectivity index (χ0v) is 13.8. The van der Waals surface area contributed by atoms with Crippen molar-refractivity contribution in [3.8, 4) is 0 Å². The Morgan fingerprint density at radius 3 is 2.65 bits per heavy atom. The zero-order valence-electron chi connectivity index (χ0n) is 13.0. The third-order valence-electron chi connectivity index (χ3n) is 5.17. The van der Waals surface area contributed by atoms with Gasteiger partial charge in [-0.3, -0.25) is 4.79 Å². The molecule has 2 rings (SSSR count). The molecule has 0 spiro atoms. The molecule has 0 heterocycles. The summed E-state index contributed by atoms with van der Waals surface area (Å²) in [7, 11) is 0. The summed E-state index contributed by atoms with van der Waals surface area (Å²) in [5, 5.41) is 10.6. The van der Waals surface area contributed by atoms with Gasteiger partial charge in [-0.1, -0.05) is 39.5 Å². The Morgan fingerprint density at radius 1 is 1.20 bits per heavy atom. The largest absolute Gasteiger partial charge is 0.481 e. The van der Waals surface area contributed by atoms with Crippen molar-refractivity contribution < 1.29 is 9.90 Å². The molecule has 0 aromatic carbocycles. The average molecular weight is 298 g/mol. The molecule has 2 nitrogen and oxygen atoms in total. The fraction of sp³-hybridized carbons (Fsp3) is 0.941. The molecule has 2 aliphatic rings. The van der Waals surface area contributed by atoms with E-state index in [-0.39, 0.29) is 5.92 Å². The van der Waals surface area contributed by atoms with Gasteiger partial charge in [0.15, 0.2) is 0 Å². The number of aliphatic carboxylic acids is 1. The molecule has 0 aliphatic heterocycles. The first-order valence-electron chi connectivity index (χ1n) is 8.48. The minimum Gasteiger partial charge on any atom is -0.481 e. The molecule has 2 fully saturated rings. The molecular formula is C17H30O2S. The zero-order chi connectivity index (χ0) is 14.5. The first-order valence-corrected chi connectivity index (χ1v) is 9.42. The van der Waals surface area contributed by atoms with Crippen molar-refractivity contribution in [1.29, 1.82) is 0 Å². The van der Waals surface area contributed by atoms with E-state index in [4.69, 9.17) is 0 Å². The van der Waals surface area contributed by atoms with E-state index in [1.54, 1.807) is 0 Å². The van der Waals surface area contributed by atoms with Gasteiger partial charge in [-0.05, 0) is 43.9 Å². The van der Waals surface area contributed by atoms with Crippen molar-refractivity contribution in [3.63, 3.8) is 0 Å². The molecule has 1 N–H and O–H groups in total. The van der Waals surface area contributed by atoms with Crippen LogP contribution in [0.25, 0.3) is 0 Å². The van der Waals surface area contributed by atoms with Crippen molar-refractivity contribution >= 4 is 17.7 Å². The number of carboxylic acids is 1. The van der Waals surface area contributed by atoms with Crippen LogP contribution in [0.3, 0.4) is 0 Å². The fourth-order valence-electron chi connectivity index (χ4n) is 4.06. The van der Waals surface area contributed by atoms with Crippen LogP contribution in [0.5, 0.6) is 0 Å². The maximum atomic E-state index is 11.5. The first-order chi connectivity index (χ1) is 9.60. The second-order valence-electron chi connectivity index (χ2n) is 6.98. The summed E-state index contributed by atoms with van der Waals surface area (Å²) in [4.78, 5) is 11.5.